The maximum atomic E-state index is 12.8. The number of aliphatic hydroxyl groups excluding tert-OH is 6. The van der Waals surface area contributed by atoms with Gasteiger partial charge in [-0.05, 0) is 70.6 Å². The lowest BCUT2D eigenvalue weighted by Crippen LogP contribution is -2.64. The van der Waals surface area contributed by atoms with E-state index in [2.05, 4.69) is 62.5 Å². The summed E-state index contributed by atoms with van der Waals surface area (Å²) in [6, 6.07) is 0. The van der Waals surface area contributed by atoms with Crippen LogP contribution in [0.4, 0.5) is 0 Å². The van der Waals surface area contributed by atoms with Crippen molar-refractivity contribution in [1.82, 2.24) is 0 Å². The zero-order valence-corrected chi connectivity index (χ0v) is 40.3. The number of ether oxygens (including phenoxy) is 2. The summed E-state index contributed by atoms with van der Waals surface area (Å²) in [7, 11) is -5.15. The molecule has 0 aliphatic heterocycles. The van der Waals surface area contributed by atoms with Gasteiger partial charge in [0.25, 0.3) is 0 Å². The van der Waals surface area contributed by atoms with Crippen LogP contribution in [0.25, 0.3) is 0 Å². The molecule has 4 unspecified atom stereocenters. The van der Waals surface area contributed by atoms with Crippen molar-refractivity contribution in [3.8, 4) is 0 Å². The van der Waals surface area contributed by atoms with Gasteiger partial charge in [-0.15, -0.1) is 0 Å². The third-order valence-corrected chi connectivity index (χ3v) is 11.9. The van der Waals surface area contributed by atoms with Gasteiger partial charge in [0.05, 0.1) is 12.7 Å². The molecule has 7 N–H and O–H groups in total. The number of carbonyl (C=O) groups excluding carboxylic acids is 2. The van der Waals surface area contributed by atoms with E-state index >= 15 is 0 Å². The molecule has 0 spiro atoms. The summed E-state index contributed by atoms with van der Waals surface area (Å²) in [5.41, 5.74) is 0. The summed E-state index contributed by atoms with van der Waals surface area (Å²) in [6.07, 6.45) is 32.4. The molecule has 0 aromatic carbocycles. The molecular formula is C50H85O14P. The van der Waals surface area contributed by atoms with Crippen molar-refractivity contribution in [2.24, 2.45) is 0 Å². The molecular weight excluding hydrogens is 856 g/mol. The fourth-order valence-corrected chi connectivity index (χ4v) is 7.92. The molecule has 1 saturated carbocycles. The number of allylic oxidation sites excluding steroid dienone is 11. The molecule has 1 aliphatic carbocycles. The summed E-state index contributed by atoms with van der Waals surface area (Å²) in [4.78, 5) is 35.8. The van der Waals surface area contributed by atoms with Gasteiger partial charge in [0.1, 0.15) is 43.2 Å². The number of esters is 2. The number of rotatable bonds is 39. The lowest BCUT2D eigenvalue weighted by molar-refractivity contribution is -0.220. The molecule has 0 bridgehead atoms. The van der Waals surface area contributed by atoms with E-state index in [1.54, 1.807) is 6.08 Å². The van der Waals surface area contributed by atoms with Crippen LogP contribution in [0.2, 0.25) is 0 Å². The number of unbranched alkanes of at least 4 members (excludes halogenated alkanes) is 14. The number of carbonyl (C=O) groups is 2. The Kier molecular flexibility index (Phi) is 36.4. The van der Waals surface area contributed by atoms with Gasteiger partial charge in [-0.25, -0.2) is 4.57 Å². The van der Waals surface area contributed by atoms with Crippen LogP contribution < -0.4 is 0 Å². The monoisotopic (exact) mass is 941 g/mol. The second kappa shape index (κ2) is 39.3. The molecule has 1 aliphatic rings. The molecule has 65 heavy (non-hydrogen) atoms. The molecule has 0 heterocycles. The highest BCUT2D eigenvalue weighted by atomic mass is 31.2. The first kappa shape index (κ1) is 60.3. The van der Waals surface area contributed by atoms with Crippen LogP contribution in [0.15, 0.2) is 72.9 Å². The Bertz CT molecular complexity index is 1430. The average Bonchev–Trinajstić information content (AvgIpc) is 3.28. The largest absolute Gasteiger partial charge is 0.472 e. The normalized spacial score (nSPS) is 22.5. The Balaban J connectivity index is 2.48. The minimum Gasteiger partial charge on any atom is -0.462 e. The van der Waals surface area contributed by atoms with Crippen molar-refractivity contribution in [3.63, 3.8) is 0 Å². The Morgan fingerprint density at radius 2 is 1.06 bits per heavy atom. The Labute approximate surface area is 389 Å². The topological polar surface area (TPSA) is 230 Å². The number of hydrogen-bond donors (Lipinski definition) is 7. The van der Waals surface area contributed by atoms with Crippen molar-refractivity contribution < 1.29 is 68.2 Å². The van der Waals surface area contributed by atoms with Crippen molar-refractivity contribution in [2.75, 3.05) is 13.2 Å². The van der Waals surface area contributed by atoms with Crippen molar-refractivity contribution in [2.45, 2.75) is 217 Å². The van der Waals surface area contributed by atoms with E-state index in [1.165, 1.54) is 25.7 Å². The maximum Gasteiger partial charge on any atom is 0.472 e. The van der Waals surface area contributed by atoms with Crippen LogP contribution in [0.1, 0.15) is 168 Å². The van der Waals surface area contributed by atoms with Crippen LogP contribution in [-0.4, -0.2) is 110 Å². The predicted octanol–water partition coefficient (Wildman–Crippen LogP) is 8.86. The molecule has 1 fully saturated rings. The summed E-state index contributed by atoms with van der Waals surface area (Å²) >= 11 is 0. The van der Waals surface area contributed by atoms with Crippen molar-refractivity contribution in [1.29, 1.82) is 0 Å². The molecule has 14 nitrogen and oxygen atoms in total. The summed E-state index contributed by atoms with van der Waals surface area (Å²) in [5, 5.41) is 60.4. The molecule has 374 valence electrons. The van der Waals surface area contributed by atoms with Crippen LogP contribution in [0, 0.1) is 0 Å². The van der Waals surface area contributed by atoms with Gasteiger partial charge in [0.15, 0.2) is 6.10 Å². The molecule has 1 rings (SSSR count). The third-order valence-electron chi connectivity index (χ3n) is 10.9. The molecule has 9 atom stereocenters. The zero-order chi connectivity index (χ0) is 48.0. The predicted molar refractivity (Wildman–Crippen MR) is 255 cm³/mol. The first-order valence-corrected chi connectivity index (χ1v) is 25.8. The van der Waals surface area contributed by atoms with Gasteiger partial charge >= 0.3 is 19.8 Å². The van der Waals surface area contributed by atoms with Crippen LogP contribution in [-0.2, 0) is 32.7 Å². The van der Waals surface area contributed by atoms with E-state index in [9.17, 15) is 49.7 Å². The fraction of sp³-hybridized carbons (Fsp3) is 0.720. The van der Waals surface area contributed by atoms with Crippen molar-refractivity contribution >= 4 is 19.8 Å². The minimum absolute atomic E-state index is 0.0581. The number of hydrogen-bond acceptors (Lipinski definition) is 13. The van der Waals surface area contributed by atoms with Crippen molar-refractivity contribution in [3.05, 3.63) is 72.9 Å². The van der Waals surface area contributed by atoms with Gasteiger partial charge in [-0.3, -0.25) is 18.6 Å². The first-order chi connectivity index (χ1) is 31.3. The SMILES string of the molecule is CC/C=C/C/C=C/C=C/C(O)CCCCCCCC(=O)OC[C@H](COP(=O)(O)OC1[C@H](O)[C@H](O)C(O)[C@H](O)[C@H]1O)OC(=O)CCCCCCCC/C=C\C/C=C\C/C=C\CCCCCC. The van der Waals surface area contributed by atoms with Gasteiger partial charge in [-0.2, -0.15) is 0 Å². The van der Waals surface area contributed by atoms with E-state index in [1.807, 2.05) is 18.2 Å². The molecule has 0 amide bonds. The highest BCUT2D eigenvalue weighted by Crippen LogP contribution is 2.47. The van der Waals surface area contributed by atoms with E-state index < -0.39 is 81.8 Å². The molecule has 0 saturated heterocycles. The smallest absolute Gasteiger partial charge is 0.462 e. The minimum atomic E-state index is -5.15. The van der Waals surface area contributed by atoms with E-state index in [4.69, 9.17) is 18.5 Å². The summed E-state index contributed by atoms with van der Waals surface area (Å²) in [5.74, 6) is -1.20. The van der Waals surface area contributed by atoms with Gasteiger partial charge in [0, 0.05) is 12.8 Å². The maximum absolute atomic E-state index is 12.8. The number of aliphatic hydroxyl groups is 6. The van der Waals surface area contributed by atoms with E-state index in [0.717, 1.165) is 96.3 Å². The quantitative estimate of drug-likeness (QED) is 0.0100. The number of phosphoric acid groups is 1. The van der Waals surface area contributed by atoms with Crippen LogP contribution in [0.5, 0.6) is 0 Å². The molecule has 0 radical (unpaired) electrons. The number of phosphoric ester groups is 1. The average molecular weight is 941 g/mol. The van der Waals surface area contributed by atoms with Crippen LogP contribution in [0.3, 0.4) is 0 Å². The second-order valence-electron chi connectivity index (χ2n) is 16.8. The Hall–Kier alpha value is -2.75. The highest BCUT2D eigenvalue weighted by molar-refractivity contribution is 7.47. The molecule has 0 aromatic rings. The molecule has 0 aromatic heterocycles. The Morgan fingerprint density at radius 3 is 1.66 bits per heavy atom. The molecule has 15 heteroatoms. The summed E-state index contributed by atoms with van der Waals surface area (Å²) in [6.45, 7) is 3.06. The van der Waals surface area contributed by atoms with Gasteiger partial charge in [-0.1, -0.05) is 157 Å². The van der Waals surface area contributed by atoms with E-state index in [-0.39, 0.29) is 12.8 Å². The zero-order valence-electron chi connectivity index (χ0n) is 39.4. The van der Waals surface area contributed by atoms with Gasteiger partial charge < -0.3 is 45.0 Å². The Morgan fingerprint density at radius 1 is 0.569 bits per heavy atom. The second-order valence-corrected chi connectivity index (χ2v) is 18.2. The fourth-order valence-electron chi connectivity index (χ4n) is 6.95. The van der Waals surface area contributed by atoms with Crippen LogP contribution >= 0.6 is 7.82 Å². The summed E-state index contributed by atoms with van der Waals surface area (Å²) < 4.78 is 33.5. The van der Waals surface area contributed by atoms with Gasteiger partial charge in [0.2, 0.25) is 0 Å². The first-order valence-electron chi connectivity index (χ1n) is 24.3. The third kappa shape index (κ3) is 31.8. The highest BCUT2D eigenvalue weighted by Gasteiger charge is 2.51. The van der Waals surface area contributed by atoms with E-state index in [0.29, 0.717) is 19.3 Å². The standard InChI is InChI=1S/C50H85O14P/c1-3-5-7-9-11-12-13-14-15-16-17-18-19-20-21-22-23-25-29-34-38-44(53)63-42(40-62-65(59,60)64-50-48(57)46(55)45(54)47(56)49(50)58)39-61-43(52)37-33-30-26-28-32-36-41(51)35-31-27-24-10-8-6-4-2/h6,8,12-13,15-16,18-19,24,27,31,35,41-42,45-51,54-58H,3-5,7,9-11,14,17,20-23,25-26,28-30,32-34,36-40H2,1-2H3,(H,59,60)/b8-6+,13-12-,16-15-,19-18-,27-24+,35-31+/t41?,42-,45?,46-,47+,48-,49-,50?/m1/s1. The lowest BCUT2D eigenvalue weighted by atomic mass is 9.85. The lowest BCUT2D eigenvalue weighted by Gasteiger charge is -2.41.